The van der Waals surface area contributed by atoms with E-state index in [1.54, 1.807) is 6.07 Å². The first-order valence-electron chi connectivity index (χ1n) is 6.98. The Bertz CT molecular complexity index is 408. The summed E-state index contributed by atoms with van der Waals surface area (Å²) in [5, 5.41) is 10.2. The van der Waals surface area contributed by atoms with E-state index < -0.39 is 0 Å². The summed E-state index contributed by atoms with van der Waals surface area (Å²) in [5.41, 5.74) is 0.917. The summed E-state index contributed by atoms with van der Waals surface area (Å²) in [6, 6.07) is 5.68. The number of benzene rings is 1. The molecule has 1 heterocycles. The molecule has 1 aromatic carbocycles. The molecule has 1 aromatic rings. The van der Waals surface area contributed by atoms with Crippen molar-refractivity contribution in [1.29, 1.82) is 0 Å². The standard InChI is InChI=1S/C15H23NO3/c1-3-18-14-7-4-6-13(15(14)17)11-16-8-5-9-19-12(2)10-16/h4,6-7,12,17H,3,5,8-11H2,1-2H3. The van der Waals surface area contributed by atoms with Gasteiger partial charge in [0.05, 0.1) is 12.7 Å². The molecular formula is C15H23NO3. The number of aromatic hydroxyl groups is 1. The van der Waals surface area contributed by atoms with Crippen LogP contribution in [0.15, 0.2) is 18.2 Å². The maximum absolute atomic E-state index is 10.2. The Morgan fingerprint density at radius 2 is 2.32 bits per heavy atom. The summed E-state index contributed by atoms with van der Waals surface area (Å²) >= 11 is 0. The molecule has 0 radical (unpaired) electrons. The van der Waals surface area contributed by atoms with Gasteiger partial charge in [0.2, 0.25) is 0 Å². The highest BCUT2D eigenvalue weighted by atomic mass is 16.5. The Morgan fingerprint density at radius 1 is 1.47 bits per heavy atom. The van der Waals surface area contributed by atoms with Gasteiger partial charge in [0.15, 0.2) is 11.5 Å². The minimum absolute atomic E-state index is 0.250. The van der Waals surface area contributed by atoms with Gasteiger partial charge in [0, 0.05) is 31.8 Å². The average Bonchev–Trinajstić information content (AvgIpc) is 2.59. The quantitative estimate of drug-likeness (QED) is 0.907. The van der Waals surface area contributed by atoms with Gasteiger partial charge in [-0.25, -0.2) is 0 Å². The first kappa shape index (κ1) is 14.2. The normalized spacial score (nSPS) is 21.1. The zero-order valence-corrected chi connectivity index (χ0v) is 11.8. The van der Waals surface area contributed by atoms with Crippen molar-refractivity contribution in [2.45, 2.75) is 32.9 Å². The molecular weight excluding hydrogens is 242 g/mol. The van der Waals surface area contributed by atoms with E-state index in [2.05, 4.69) is 11.8 Å². The van der Waals surface area contributed by atoms with Crippen molar-refractivity contribution in [3.63, 3.8) is 0 Å². The first-order chi connectivity index (χ1) is 9.20. The summed E-state index contributed by atoms with van der Waals surface area (Å²) in [6.07, 6.45) is 1.29. The van der Waals surface area contributed by atoms with Crippen molar-refractivity contribution in [2.75, 3.05) is 26.3 Å². The van der Waals surface area contributed by atoms with Crippen LogP contribution < -0.4 is 4.74 Å². The Hall–Kier alpha value is -1.26. The molecule has 2 rings (SSSR count). The molecule has 4 nitrogen and oxygen atoms in total. The molecule has 1 fully saturated rings. The van der Waals surface area contributed by atoms with Crippen LogP contribution in [0.2, 0.25) is 0 Å². The van der Waals surface area contributed by atoms with Crippen LogP contribution in [0, 0.1) is 0 Å². The Labute approximate surface area is 114 Å². The van der Waals surface area contributed by atoms with Crippen molar-refractivity contribution >= 4 is 0 Å². The molecule has 19 heavy (non-hydrogen) atoms. The second kappa shape index (κ2) is 6.78. The van der Waals surface area contributed by atoms with Crippen LogP contribution in [0.3, 0.4) is 0 Å². The summed E-state index contributed by atoms with van der Waals surface area (Å²) in [5.74, 6) is 0.835. The molecule has 0 bridgehead atoms. The molecule has 1 aliphatic heterocycles. The third-order valence-corrected chi connectivity index (χ3v) is 3.31. The van der Waals surface area contributed by atoms with E-state index in [9.17, 15) is 5.11 Å². The number of para-hydroxylation sites is 1. The number of nitrogens with zero attached hydrogens (tertiary/aromatic N) is 1. The summed E-state index contributed by atoms with van der Waals surface area (Å²) in [7, 11) is 0. The van der Waals surface area contributed by atoms with Crippen LogP contribution in [0.25, 0.3) is 0 Å². The minimum Gasteiger partial charge on any atom is -0.504 e. The Morgan fingerprint density at radius 3 is 3.11 bits per heavy atom. The molecule has 1 unspecified atom stereocenters. The largest absolute Gasteiger partial charge is 0.504 e. The van der Waals surface area contributed by atoms with Gasteiger partial charge in [-0.15, -0.1) is 0 Å². The minimum atomic E-state index is 0.250. The lowest BCUT2D eigenvalue weighted by Gasteiger charge is -2.22. The topological polar surface area (TPSA) is 41.9 Å². The molecule has 1 atom stereocenters. The van der Waals surface area contributed by atoms with Gasteiger partial charge in [0.1, 0.15) is 0 Å². The molecule has 106 valence electrons. The van der Waals surface area contributed by atoms with Gasteiger partial charge >= 0.3 is 0 Å². The second-order valence-corrected chi connectivity index (χ2v) is 4.97. The zero-order chi connectivity index (χ0) is 13.7. The monoisotopic (exact) mass is 265 g/mol. The summed E-state index contributed by atoms with van der Waals surface area (Å²) < 4.78 is 11.1. The van der Waals surface area contributed by atoms with Crippen molar-refractivity contribution in [2.24, 2.45) is 0 Å². The highest BCUT2D eigenvalue weighted by Gasteiger charge is 2.17. The lowest BCUT2D eigenvalue weighted by molar-refractivity contribution is 0.0667. The van der Waals surface area contributed by atoms with Gasteiger partial charge in [-0.3, -0.25) is 4.90 Å². The molecule has 4 heteroatoms. The van der Waals surface area contributed by atoms with Gasteiger partial charge < -0.3 is 14.6 Å². The fraction of sp³-hybridized carbons (Fsp3) is 0.600. The molecule has 1 N–H and O–H groups in total. The number of phenolic OH excluding ortho intramolecular Hbond substituents is 1. The van der Waals surface area contributed by atoms with Gasteiger partial charge in [-0.1, -0.05) is 12.1 Å². The lowest BCUT2D eigenvalue weighted by atomic mass is 10.1. The van der Waals surface area contributed by atoms with Crippen LogP contribution in [0.4, 0.5) is 0 Å². The number of phenols is 1. The molecule has 0 amide bonds. The fourth-order valence-electron chi connectivity index (χ4n) is 2.43. The van der Waals surface area contributed by atoms with Gasteiger partial charge in [-0.05, 0) is 26.3 Å². The Kier molecular flexibility index (Phi) is 5.05. The van der Waals surface area contributed by atoms with Gasteiger partial charge in [-0.2, -0.15) is 0 Å². The van der Waals surface area contributed by atoms with Crippen molar-refractivity contribution in [3.8, 4) is 11.5 Å². The third kappa shape index (κ3) is 3.85. The molecule has 0 aromatic heterocycles. The predicted octanol–water partition coefficient (Wildman–Crippen LogP) is 2.40. The number of rotatable bonds is 4. The van der Waals surface area contributed by atoms with Crippen molar-refractivity contribution in [1.82, 2.24) is 4.90 Å². The smallest absolute Gasteiger partial charge is 0.162 e. The van der Waals surface area contributed by atoms with E-state index in [0.29, 0.717) is 12.4 Å². The van der Waals surface area contributed by atoms with E-state index in [1.165, 1.54) is 0 Å². The molecule has 1 aliphatic rings. The number of hydrogen-bond acceptors (Lipinski definition) is 4. The van der Waals surface area contributed by atoms with E-state index in [-0.39, 0.29) is 11.9 Å². The molecule has 1 saturated heterocycles. The molecule has 0 aliphatic carbocycles. The highest BCUT2D eigenvalue weighted by molar-refractivity contribution is 5.45. The van der Waals surface area contributed by atoms with Crippen LogP contribution >= 0.6 is 0 Å². The molecule has 0 saturated carbocycles. The van der Waals surface area contributed by atoms with E-state index in [4.69, 9.17) is 9.47 Å². The second-order valence-electron chi connectivity index (χ2n) is 4.97. The fourth-order valence-corrected chi connectivity index (χ4v) is 2.43. The average molecular weight is 265 g/mol. The van der Waals surface area contributed by atoms with Crippen LogP contribution in [-0.2, 0) is 11.3 Å². The van der Waals surface area contributed by atoms with Crippen molar-refractivity contribution < 1.29 is 14.6 Å². The van der Waals surface area contributed by atoms with Crippen molar-refractivity contribution in [3.05, 3.63) is 23.8 Å². The maximum atomic E-state index is 10.2. The van der Waals surface area contributed by atoms with Crippen LogP contribution in [-0.4, -0.2) is 42.4 Å². The summed E-state index contributed by atoms with van der Waals surface area (Å²) in [4.78, 5) is 2.32. The van der Waals surface area contributed by atoms with Crippen LogP contribution in [0.5, 0.6) is 11.5 Å². The third-order valence-electron chi connectivity index (χ3n) is 3.31. The maximum Gasteiger partial charge on any atom is 0.162 e. The highest BCUT2D eigenvalue weighted by Crippen LogP contribution is 2.30. The van der Waals surface area contributed by atoms with Gasteiger partial charge in [0.25, 0.3) is 0 Å². The summed E-state index contributed by atoms with van der Waals surface area (Å²) in [6.45, 7) is 8.03. The van der Waals surface area contributed by atoms with Crippen LogP contribution in [0.1, 0.15) is 25.8 Å². The first-order valence-corrected chi connectivity index (χ1v) is 6.98. The predicted molar refractivity (Wildman–Crippen MR) is 74.6 cm³/mol. The zero-order valence-electron chi connectivity index (χ0n) is 11.8. The number of hydrogen-bond donors (Lipinski definition) is 1. The Balaban J connectivity index is 2.07. The number of ether oxygens (including phenoxy) is 2. The molecule has 0 spiro atoms. The SMILES string of the molecule is CCOc1cccc(CN2CCCOC(C)C2)c1O. The van der Waals surface area contributed by atoms with E-state index in [0.717, 1.165) is 38.2 Å². The van der Waals surface area contributed by atoms with E-state index in [1.807, 2.05) is 19.1 Å². The lowest BCUT2D eigenvalue weighted by Crippen LogP contribution is -2.29. The van der Waals surface area contributed by atoms with E-state index >= 15 is 0 Å².